The molecule has 1 aliphatic rings. The largest absolute Gasteiger partial charge is 0.491 e. The highest BCUT2D eigenvalue weighted by molar-refractivity contribution is 6.05. The Morgan fingerprint density at radius 2 is 1.13 bits per heavy atom. The number of ketones is 1. The Bertz CT molecular complexity index is 2260. The fraction of sp³-hybridized carbons (Fsp3) is 0.220. The van der Waals surface area contributed by atoms with Gasteiger partial charge >= 0.3 is 23.9 Å². The van der Waals surface area contributed by atoms with Crippen molar-refractivity contribution >= 4 is 40.6 Å². The maximum atomic E-state index is 12.9. The number of Topliss-reactive ketones (excluding diaryl/α,β-unsaturated/α-hetero) is 1. The van der Waals surface area contributed by atoms with E-state index < -0.39 is 29.8 Å². The average Bonchev–Trinajstić information content (AvgIpc) is 3.08. The minimum absolute atomic E-state index is 0. The molecule has 6 rings (SSSR count). The van der Waals surface area contributed by atoms with Crippen LogP contribution in [0.4, 0.5) is 0 Å². The van der Waals surface area contributed by atoms with Crippen LogP contribution in [0.3, 0.4) is 0 Å². The van der Waals surface area contributed by atoms with Crippen LogP contribution in [0.25, 0.3) is 22.1 Å². The van der Waals surface area contributed by atoms with Crippen LogP contribution in [0.2, 0.25) is 0 Å². The molecule has 0 fully saturated rings. The molecule has 4 aromatic carbocycles. The molecule has 0 amide bonds. The topological polar surface area (TPSA) is 162 Å². The van der Waals surface area contributed by atoms with E-state index in [1.807, 2.05) is 0 Å². The van der Waals surface area contributed by atoms with Gasteiger partial charge in [0.15, 0.2) is 5.78 Å². The summed E-state index contributed by atoms with van der Waals surface area (Å²) in [5, 5.41) is 0.389. The molecule has 1 atom stereocenters. The molecule has 0 spiro atoms. The molecule has 0 bridgehead atoms. The molecule has 0 N–H and O–H groups in total. The molecule has 1 aromatic heterocycles. The van der Waals surface area contributed by atoms with Gasteiger partial charge in [0.25, 0.3) is 0 Å². The van der Waals surface area contributed by atoms with Crippen molar-refractivity contribution in [3.05, 3.63) is 112 Å². The normalized spacial score (nSPS) is 12.9. The first-order chi connectivity index (χ1) is 24.7. The Morgan fingerprint density at radius 1 is 0.623 bits per heavy atom. The zero-order valence-electron chi connectivity index (χ0n) is 29.2. The summed E-state index contributed by atoms with van der Waals surface area (Å²) in [5.41, 5.74) is 3.61. The van der Waals surface area contributed by atoms with Crippen LogP contribution in [0.5, 0.6) is 28.7 Å². The standard InChI is InChI=1S/C20H18O6.C20H16O6.CH4/c2*1-11-18(26-13(3)22)9-8-16-19(23)17(10-24-20(11)16)14-4-6-15(7-5-14)25-12(2)21;/h4-9,17H,10H2,1-3H3;4-10H,1-3H3;1H4. The molecule has 53 heavy (non-hydrogen) atoms. The van der Waals surface area contributed by atoms with Crippen molar-refractivity contribution in [3.8, 4) is 39.9 Å². The maximum absolute atomic E-state index is 12.9. The predicted molar refractivity (Wildman–Crippen MR) is 195 cm³/mol. The van der Waals surface area contributed by atoms with Crippen molar-refractivity contribution < 1.29 is 52.1 Å². The van der Waals surface area contributed by atoms with Crippen LogP contribution in [-0.4, -0.2) is 36.3 Å². The first kappa shape index (κ1) is 39.2. The van der Waals surface area contributed by atoms with E-state index >= 15 is 0 Å². The highest BCUT2D eigenvalue weighted by Crippen LogP contribution is 2.39. The molecular weight excluding hydrogens is 684 g/mol. The van der Waals surface area contributed by atoms with Gasteiger partial charge in [0.05, 0.1) is 22.4 Å². The first-order valence-electron chi connectivity index (χ1n) is 16.0. The van der Waals surface area contributed by atoms with Gasteiger partial charge in [-0.1, -0.05) is 31.7 Å². The summed E-state index contributed by atoms with van der Waals surface area (Å²) in [7, 11) is 0. The third kappa shape index (κ3) is 9.03. The number of benzene rings is 4. The molecule has 2 heterocycles. The van der Waals surface area contributed by atoms with Gasteiger partial charge in [-0.3, -0.25) is 28.8 Å². The Labute approximate surface area is 305 Å². The summed E-state index contributed by atoms with van der Waals surface area (Å²) in [4.78, 5) is 70.0. The van der Waals surface area contributed by atoms with Gasteiger partial charge in [-0.05, 0) is 73.5 Å². The molecule has 1 aliphatic heterocycles. The summed E-state index contributed by atoms with van der Waals surface area (Å²) in [5.74, 6) is -0.204. The zero-order chi connectivity index (χ0) is 37.7. The van der Waals surface area contributed by atoms with Gasteiger partial charge in [0.1, 0.15) is 47.2 Å². The molecule has 0 saturated heterocycles. The lowest BCUT2D eigenvalue weighted by Crippen LogP contribution is -2.26. The fourth-order valence-corrected chi connectivity index (χ4v) is 5.58. The Morgan fingerprint density at radius 3 is 1.68 bits per heavy atom. The molecule has 0 saturated carbocycles. The summed E-state index contributed by atoms with van der Waals surface area (Å²) in [6, 6.07) is 19.7. The van der Waals surface area contributed by atoms with E-state index in [0.717, 1.165) is 5.56 Å². The third-order valence-corrected chi connectivity index (χ3v) is 7.95. The van der Waals surface area contributed by atoms with Crippen LogP contribution >= 0.6 is 0 Å². The lowest BCUT2D eigenvalue weighted by atomic mass is 9.88. The number of carbonyl (C=O) groups is 5. The second-order valence-corrected chi connectivity index (χ2v) is 11.8. The highest BCUT2D eigenvalue weighted by Gasteiger charge is 2.32. The Balaban J connectivity index is 0.000000232. The van der Waals surface area contributed by atoms with E-state index in [0.29, 0.717) is 67.5 Å². The number of hydrogen-bond acceptors (Lipinski definition) is 12. The van der Waals surface area contributed by atoms with E-state index in [1.165, 1.54) is 34.0 Å². The zero-order valence-corrected chi connectivity index (χ0v) is 29.2. The third-order valence-electron chi connectivity index (χ3n) is 7.95. The van der Waals surface area contributed by atoms with E-state index in [-0.39, 0.29) is 25.2 Å². The lowest BCUT2D eigenvalue weighted by Gasteiger charge is -2.26. The molecule has 274 valence electrons. The van der Waals surface area contributed by atoms with Crippen LogP contribution < -0.4 is 29.1 Å². The molecule has 12 heteroatoms. The summed E-state index contributed by atoms with van der Waals surface area (Å²) < 4.78 is 31.7. The minimum Gasteiger partial charge on any atom is -0.491 e. The Hall–Kier alpha value is -6.56. The van der Waals surface area contributed by atoms with Crippen LogP contribution in [0.15, 0.2) is 88.3 Å². The monoisotopic (exact) mass is 722 g/mol. The van der Waals surface area contributed by atoms with Crippen LogP contribution in [-0.2, 0) is 19.2 Å². The average molecular weight is 723 g/mol. The van der Waals surface area contributed by atoms with Crippen molar-refractivity contribution in [3.63, 3.8) is 0 Å². The number of carbonyl (C=O) groups excluding carboxylic acids is 5. The van der Waals surface area contributed by atoms with Crippen molar-refractivity contribution in [1.82, 2.24) is 0 Å². The van der Waals surface area contributed by atoms with Gasteiger partial charge in [0, 0.05) is 38.8 Å². The molecule has 5 aromatic rings. The molecule has 0 radical (unpaired) electrons. The predicted octanol–water partition coefficient (Wildman–Crippen LogP) is 7.46. The van der Waals surface area contributed by atoms with E-state index in [1.54, 1.807) is 86.6 Å². The van der Waals surface area contributed by atoms with Crippen molar-refractivity contribution in [1.29, 1.82) is 0 Å². The molecule has 12 nitrogen and oxygen atoms in total. The van der Waals surface area contributed by atoms with Crippen LogP contribution in [0, 0.1) is 13.8 Å². The number of rotatable bonds is 6. The lowest BCUT2D eigenvalue weighted by molar-refractivity contribution is -0.132. The van der Waals surface area contributed by atoms with Crippen molar-refractivity contribution in [2.24, 2.45) is 0 Å². The second-order valence-electron chi connectivity index (χ2n) is 11.8. The number of aryl methyl sites for hydroxylation is 1. The Kier molecular flexibility index (Phi) is 12.3. The van der Waals surface area contributed by atoms with E-state index in [4.69, 9.17) is 28.1 Å². The van der Waals surface area contributed by atoms with Gasteiger partial charge in [-0.15, -0.1) is 0 Å². The number of fused-ring (bicyclic) bond motifs is 2. The summed E-state index contributed by atoms with van der Waals surface area (Å²) in [6.45, 7) is 8.93. The highest BCUT2D eigenvalue weighted by atomic mass is 16.5. The SMILES string of the molecule is C.CC(=O)Oc1ccc(-c2coc3c(C)c(OC(C)=O)ccc3c2=O)cc1.CC(=O)Oc1ccc(C2COc3c(ccc(OC(C)=O)c3C)C2=O)cc1. The van der Waals surface area contributed by atoms with Gasteiger partial charge in [-0.2, -0.15) is 0 Å². The number of ether oxygens (including phenoxy) is 5. The van der Waals surface area contributed by atoms with Gasteiger partial charge in [-0.25, -0.2) is 0 Å². The van der Waals surface area contributed by atoms with Gasteiger partial charge in [0.2, 0.25) is 5.43 Å². The fourth-order valence-electron chi connectivity index (χ4n) is 5.58. The summed E-state index contributed by atoms with van der Waals surface area (Å²) in [6.07, 6.45) is 1.37. The molecular formula is C41H38O12. The number of hydrogen-bond donors (Lipinski definition) is 0. The molecule has 1 unspecified atom stereocenters. The van der Waals surface area contributed by atoms with E-state index in [9.17, 15) is 28.8 Å². The minimum atomic E-state index is -0.451. The van der Waals surface area contributed by atoms with Crippen molar-refractivity contribution in [2.75, 3.05) is 6.61 Å². The van der Waals surface area contributed by atoms with Crippen molar-refractivity contribution in [2.45, 2.75) is 54.9 Å². The quantitative estimate of drug-likeness (QED) is 0.126. The first-order valence-corrected chi connectivity index (χ1v) is 16.0. The summed E-state index contributed by atoms with van der Waals surface area (Å²) >= 11 is 0. The smallest absolute Gasteiger partial charge is 0.308 e. The maximum Gasteiger partial charge on any atom is 0.308 e. The molecule has 0 aliphatic carbocycles. The van der Waals surface area contributed by atoms with E-state index in [2.05, 4.69) is 0 Å². The van der Waals surface area contributed by atoms with Crippen LogP contribution in [0.1, 0.15) is 68.1 Å². The second kappa shape index (κ2) is 16.6. The number of esters is 4. The van der Waals surface area contributed by atoms with Gasteiger partial charge < -0.3 is 28.1 Å².